The minimum absolute atomic E-state index is 0.215. The molecule has 9 heteroatoms. The van der Waals surface area contributed by atoms with Gasteiger partial charge in [0.25, 0.3) is 5.56 Å². The lowest BCUT2D eigenvalue weighted by Gasteiger charge is -2.24. The van der Waals surface area contributed by atoms with Crippen LogP contribution in [0, 0.1) is 6.92 Å². The number of aryl methyl sites for hydroxylation is 1. The second kappa shape index (κ2) is 10.7. The molecule has 39 heavy (non-hydrogen) atoms. The van der Waals surface area contributed by atoms with Crippen molar-refractivity contribution in [2.75, 3.05) is 13.7 Å². The van der Waals surface area contributed by atoms with Crippen molar-refractivity contribution in [3.05, 3.63) is 114 Å². The number of carbonyl (C=O) groups is 2. The molecule has 1 aliphatic rings. The zero-order chi connectivity index (χ0) is 27.7. The molecule has 198 valence electrons. The first-order chi connectivity index (χ1) is 18.8. The van der Waals surface area contributed by atoms with E-state index in [-0.39, 0.29) is 12.2 Å². The van der Waals surface area contributed by atoms with E-state index in [0.717, 1.165) is 16.7 Å². The van der Waals surface area contributed by atoms with Crippen molar-refractivity contribution in [3.63, 3.8) is 0 Å². The maximum atomic E-state index is 13.7. The number of carbonyl (C=O) groups excluding carboxylic acids is 2. The van der Waals surface area contributed by atoms with Crippen molar-refractivity contribution < 1.29 is 23.5 Å². The van der Waals surface area contributed by atoms with Crippen LogP contribution in [-0.4, -0.2) is 30.2 Å². The topological polar surface area (TPSA) is 100 Å². The fourth-order valence-electron chi connectivity index (χ4n) is 4.46. The lowest BCUT2D eigenvalue weighted by Crippen LogP contribution is -2.39. The van der Waals surface area contributed by atoms with Gasteiger partial charge in [-0.05, 0) is 50.6 Å². The summed E-state index contributed by atoms with van der Waals surface area (Å²) in [5, 5.41) is 0. The van der Waals surface area contributed by atoms with Gasteiger partial charge >= 0.3 is 11.9 Å². The van der Waals surface area contributed by atoms with Crippen LogP contribution in [0.3, 0.4) is 0 Å². The van der Waals surface area contributed by atoms with Gasteiger partial charge in [-0.25, -0.2) is 14.6 Å². The summed E-state index contributed by atoms with van der Waals surface area (Å²) in [4.78, 5) is 43.5. The molecule has 8 nitrogen and oxygen atoms in total. The van der Waals surface area contributed by atoms with Crippen LogP contribution >= 0.6 is 11.3 Å². The summed E-state index contributed by atoms with van der Waals surface area (Å²) in [5.41, 5.74) is 3.66. The van der Waals surface area contributed by atoms with Crippen molar-refractivity contribution >= 4 is 29.4 Å². The Morgan fingerprint density at radius 2 is 1.74 bits per heavy atom. The predicted octanol–water partition coefficient (Wildman–Crippen LogP) is 4.15. The molecule has 0 radical (unpaired) electrons. The molecule has 0 N–H and O–H groups in total. The minimum atomic E-state index is -0.663. The van der Waals surface area contributed by atoms with Gasteiger partial charge in [-0.1, -0.05) is 53.3 Å². The Kier molecular flexibility index (Phi) is 7.17. The first-order valence-electron chi connectivity index (χ1n) is 12.4. The molecule has 0 fully saturated rings. The van der Waals surface area contributed by atoms with Crippen molar-refractivity contribution in [2.24, 2.45) is 4.99 Å². The molecule has 3 heterocycles. The number of furan rings is 1. The lowest BCUT2D eigenvalue weighted by atomic mass is 9.95. The van der Waals surface area contributed by atoms with Crippen LogP contribution in [-0.2, 0) is 14.3 Å². The second-order valence-electron chi connectivity index (χ2n) is 8.98. The molecule has 0 saturated carbocycles. The molecule has 0 amide bonds. The molecule has 0 aliphatic carbocycles. The van der Waals surface area contributed by atoms with Gasteiger partial charge in [0.1, 0.15) is 11.5 Å². The number of allylic oxidation sites excluding steroid dienone is 1. The number of hydrogen-bond donors (Lipinski definition) is 0. The largest absolute Gasteiger partial charge is 0.465 e. The van der Waals surface area contributed by atoms with Crippen molar-refractivity contribution in [1.82, 2.24) is 4.57 Å². The average molecular weight is 543 g/mol. The molecule has 0 unspecified atom stereocenters. The number of ether oxygens (including phenoxy) is 2. The summed E-state index contributed by atoms with van der Waals surface area (Å²) in [7, 11) is 1.33. The monoisotopic (exact) mass is 542 g/mol. The van der Waals surface area contributed by atoms with Gasteiger partial charge in [0.05, 0.1) is 41.1 Å². The summed E-state index contributed by atoms with van der Waals surface area (Å²) in [6.45, 7) is 5.70. The minimum Gasteiger partial charge on any atom is -0.465 e. The van der Waals surface area contributed by atoms with E-state index in [2.05, 4.69) is 4.99 Å². The number of methoxy groups -OCH3 is 1. The molecule has 0 spiro atoms. The van der Waals surface area contributed by atoms with E-state index in [1.807, 2.05) is 31.2 Å². The van der Waals surface area contributed by atoms with Gasteiger partial charge in [-0.15, -0.1) is 0 Å². The fraction of sp³-hybridized carbons (Fsp3) is 0.200. The van der Waals surface area contributed by atoms with Crippen LogP contribution < -0.4 is 14.9 Å². The highest BCUT2D eigenvalue weighted by Crippen LogP contribution is 2.31. The van der Waals surface area contributed by atoms with Crippen LogP contribution in [0.2, 0.25) is 0 Å². The van der Waals surface area contributed by atoms with Crippen molar-refractivity contribution in [1.29, 1.82) is 0 Å². The van der Waals surface area contributed by atoms with Crippen LogP contribution in [0.4, 0.5) is 0 Å². The standard InChI is InChI=1S/C30H26N2O6S/c1-5-37-29(35)25-18(3)31-30-32(26(25)20-8-6-17(2)7-9-20)27(33)24(39-30)16-22-14-15-23(38-22)19-10-12-21(13-11-19)28(34)36-4/h6-16,26H,5H2,1-4H3/b24-16-/t26-/m1/s1. The Morgan fingerprint density at radius 1 is 1.03 bits per heavy atom. The Hall–Kier alpha value is -4.50. The van der Waals surface area contributed by atoms with Gasteiger partial charge in [-0.3, -0.25) is 9.36 Å². The molecule has 1 atom stereocenters. The third-order valence-corrected chi connectivity index (χ3v) is 7.38. The van der Waals surface area contributed by atoms with E-state index < -0.39 is 18.0 Å². The number of rotatable bonds is 6. The molecule has 1 aliphatic heterocycles. The van der Waals surface area contributed by atoms with E-state index in [4.69, 9.17) is 13.9 Å². The van der Waals surface area contributed by atoms with Gasteiger partial charge in [0.2, 0.25) is 0 Å². The van der Waals surface area contributed by atoms with Gasteiger partial charge < -0.3 is 13.9 Å². The molecular formula is C30H26N2O6S. The first kappa shape index (κ1) is 26.1. The number of nitrogens with zero attached hydrogens (tertiary/aromatic N) is 2. The zero-order valence-electron chi connectivity index (χ0n) is 21.9. The normalized spacial score (nSPS) is 15.1. The number of benzene rings is 2. The number of esters is 2. The van der Waals surface area contributed by atoms with Crippen LogP contribution in [0.1, 0.15) is 47.1 Å². The smallest absolute Gasteiger partial charge is 0.338 e. The molecule has 4 aromatic rings. The number of hydrogen-bond acceptors (Lipinski definition) is 8. The molecule has 5 rings (SSSR count). The first-order valence-corrected chi connectivity index (χ1v) is 13.2. The summed E-state index contributed by atoms with van der Waals surface area (Å²) < 4.78 is 18.1. The molecular weight excluding hydrogens is 516 g/mol. The molecule has 0 bridgehead atoms. The average Bonchev–Trinajstić information content (AvgIpc) is 3.52. The maximum absolute atomic E-state index is 13.7. The number of thiazole rings is 1. The van der Waals surface area contributed by atoms with E-state index in [1.165, 1.54) is 18.4 Å². The van der Waals surface area contributed by atoms with E-state index in [1.54, 1.807) is 60.9 Å². The van der Waals surface area contributed by atoms with E-state index in [0.29, 0.717) is 37.7 Å². The SMILES string of the molecule is CCOC(=O)C1=C(C)N=c2s/c(=C\c3ccc(-c4ccc(C(=O)OC)cc4)o3)c(=O)n2[C@@H]1c1ccc(C)cc1. The van der Waals surface area contributed by atoms with E-state index in [9.17, 15) is 14.4 Å². The number of fused-ring (bicyclic) bond motifs is 1. The lowest BCUT2D eigenvalue weighted by molar-refractivity contribution is -0.139. The Bertz CT molecular complexity index is 1770. The van der Waals surface area contributed by atoms with Crippen LogP contribution in [0.15, 0.2) is 86.1 Å². The fourth-order valence-corrected chi connectivity index (χ4v) is 5.49. The van der Waals surface area contributed by atoms with Crippen molar-refractivity contribution in [3.8, 4) is 11.3 Å². The summed E-state index contributed by atoms with van der Waals surface area (Å²) >= 11 is 1.23. The second-order valence-corrected chi connectivity index (χ2v) is 9.99. The third kappa shape index (κ3) is 5.00. The Morgan fingerprint density at radius 3 is 2.41 bits per heavy atom. The highest BCUT2D eigenvalue weighted by atomic mass is 32.1. The molecule has 2 aromatic carbocycles. The Labute approximate surface area is 228 Å². The number of aromatic nitrogens is 1. The zero-order valence-corrected chi connectivity index (χ0v) is 22.7. The summed E-state index contributed by atoms with van der Waals surface area (Å²) in [6.07, 6.45) is 1.67. The van der Waals surface area contributed by atoms with Gasteiger partial charge in [0, 0.05) is 11.6 Å². The summed E-state index contributed by atoms with van der Waals surface area (Å²) in [5.74, 6) is 0.166. The summed E-state index contributed by atoms with van der Waals surface area (Å²) in [6, 6.07) is 17.5. The highest BCUT2D eigenvalue weighted by molar-refractivity contribution is 7.07. The molecule has 2 aromatic heterocycles. The quantitative estimate of drug-likeness (QED) is 0.340. The van der Waals surface area contributed by atoms with Crippen LogP contribution in [0.5, 0.6) is 0 Å². The van der Waals surface area contributed by atoms with Crippen LogP contribution in [0.25, 0.3) is 17.4 Å². The predicted molar refractivity (Wildman–Crippen MR) is 147 cm³/mol. The Balaban J connectivity index is 1.57. The highest BCUT2D eigenvalue weighted by Gasteiger charge is 2.33. The third-order valence-electron chi connectivity index (χ3n) is 6.40. The molecule has 0 saturated heterocycles. The maximum Gasteiger partial charge on any atom is 0.338 e. The van der Waals surface area contributed by atoms with Crippen molar-refractivity contribution in [2.45, 2.75) is 26.8 Å². The van der Waals surface area contributed by atoms with Gasteiger partial charge in [0.15, 0.2) is 4.80 Å². The van der Waals surface area contributed by atoms with E-state index >= 15 is 0 Å². The van der Waals surface area contributed by atoms with Gasteiger partial charge in [-0.2, -0.15) is 0 Å².